The number of carbonyl (C=O) groups is 1. The molecule has 1 rings (SSSR count). The van der Waals surface area contributed by atoms with Crippen LogP contribution in [0.15, 0.2) is 0 Å². The van der Waals surface area contributed by atoms with Crippen LogP contribution in [0.1, 0.15) is 251 Å². The quantitative estimate of drug-likeness (QED) is 0.0258. The molecule has 1 saturated heterocycles. The molecule has 0 spiro atoms. The lowest BCUT2D eigenvalue weighted by atomic mass is 9.99. The smallest absolute Gasteiger partial charge is 0.397 e. The van der Waals surface area contributed by atoms with Gasteiger partial charge in [0.15, 0.2) is 6.29 Å². The van der Waals surface area contributed by atoms with Gasteiger partial charge in [-0.25, -0.2) is 4.18 Å². The lowest BCUT2D eigenvalue weighted by molar-refractivity contribution is -0.301. The molecule has 12 nitrogen and oxygen atoms in total. The van der Waals surface area contributed by atoms with Gasteiger partial charge in [0.05, 0.1) is 19.8 Å². The lowest BCUT2D eigenvalue weighted by Gasteiger charge is -2.41. The molecule has 0 aliphatic carbocycles. The Hall–Kier alpha value is -0.900. The SMILES string of the molecule is CCCCCCCCCCCCCCCCCCCCCCCCCC(=O)OC(COCCCCCCCCCCCCCCC)COC1OC(CO)C(O)C(OS(=O)(=O)O)C1O. The van der Waals surface area contributed by atoms with Crippen LogP contribution in [0.5, 0.6) is 0 Å². The number of ether oxygens (including phenoxy) is 4. The van der Waals surface area contributed by atoms with Crippen molar-refractivity contribution in [3.05, 3.63) is 0 Å². The van der Waals surface area contributed by atoms with Crippen molar-refractivity contribution in [2.45, 2.75) is 288 Å². The molecular weight excluding hydrogens is 825 g/mol. The van der Waals surface area contributed by atoms with Crippen LogP contribution in [0.2, 0.25) is 0 Å². The van der Waals surface area contributed by atoms with Gasteiger partial charge in [0.1, 0.15) is 30.5 Å². The van der Waals surface area contributed by atoms with E-state index in [1.54, 1.807) is 0 Å². The van der Waals surface area contributed by atoms with E-state index in [4.69, 9.17) is 18.9 Å². The van der Waals surface area contributed by atoms with Crippen molar-refractivity contribution in [3.63, 3.8) is 0 Å². The van der Waals surface area contributed by atoms with Crippen LogP contribution in [0.4, 0.5) is 0 Å². The van der Waals surface area contributed by atoms with Gasteiger partial charge in [0.25, 0.3) is 0 Å². The molecule has 0 aromatic heterocycles. The highest BCUT2D eigenvalue weighted by molar-refractivity contribution is 7.80. The third-order valence-electron chi connectivity index (χ3n) is 12.5. The molecule has 6 unspecified atom stereocenters. The number of aliphatic hydroxyl groups is 3. The molecule has 63 heavy (non-hydrogen) atoms. The maximum absolute atomic E-state index is 12.9. The molecule has 1 aliphatic heterocycles. The fraction of sp³-hybridized carbons (Fsp3) is 0.980. The maximum Gasteiger partial charge on any atom is 0.397 e. The first-order valence-electron chi connectivity index (χ1n) is 26.3. The van der Waals surface area contributed by atoms with Gasteiger partial charge < -0.3 is 34.3 Å². The number of unbranched alkanes of at least 4 members (excludes halogenated alkanes) is 34. The van der Waals surface area contributed by atoms with Gasteiger partial charge in [-0.1, -0.05) is 232 Å². The monoisotopic (exact) mass is 923 g/mol. The van der Waals surface area contributed by atoms with Gasteiger partial charge in [0.2, 0.25) is 0 Å². The minimum absolute atomic E-state index is 0.0449. The predicted octanol–water partition coefficient (Wildman–Crippen LogP) is 12.0. The Bertz CT molecular complexity index is 1110. The van der Waals surface area contributed by atoms with Crippen LogP contribution in [0.25, 0.3) is 0 Å². The molecule has 0 aromatic carbocycles. The normalized spacial score (nSPS) is 19.7. The summed E-state index contributed by atoms with van der Waals surface area (Å²) < 4.78 is 59.2. The van der Waals surface area contributed by atoms with E-state index in [1.807, 2.05) is 0 Å². The van der Waals surface area contributed by atoms with Crippen molar-refractivity contribution in [2.24, 2.45) is 0 Å². The summed E-state index contributed by atoms with van der Waals surface area (Å²) in [5, 5.41) is 30.7. The van der Waals surface area contributed by atoms with E-state index in [9.17, 15) is 33.1 Å². The second-order valence-electron chi connectivity index (χ2n) is 18.5. The Balaban J connectivity index is 2.29. The van der Waals surface area contributed by atoms with Gasteiger partial charge in [-0.2, -0.15) is 8.42 Å². The Morgan fingerprint density at radius 3 is 1.27 bits per heavy atom. The van der Waals surface area contributed by atoms with E-state index < -0.39 is 59.8 Å². The number of aliphatic hydroxyl groups excluding tert-OH is 3. The summed E-state index contributed by atoms with van der Waals surface area (Å²) in [5.41, 5.74) is 0. The molecule has 4 N–H and O–H groups in total. The first-order valence-corrected chi connectivity index (χ1v) is 27.7. The minimum Gasteiger partial charge on any atom is -0.457 e. The summed E-state index contributed by atoms with van der Waals surface area (Å²) in [4.78, 5) is 12.9. The zero-order chi connectivity index (χ0) is 46.1. The van der Waals surface area contributed by atoms with Crippen LogP contribution in [0, 0.1) is 0 Å². The number of carbonyl (C=O) groups excluding carboxylic acids is 1. The molecule has 0 radical (unpaired) electrons. The zero-order valence-corrected chi connectivity index (χ0v) is 41.2. The van der Waals surface area contributed by atoms with Crippen molar-refractivity contribution in [3.8, 4) is 0 Å². The van der Waals surface area contributed by atoms with Crippen LogP contribution in [-0.4, -0.2) is 97.5 Å². The third-order valence-corrected chi connectivity index (χ3v) is 12.9. The van der Waals surface area contributed by atoms with Gasteiger partial charge in [-0.3, -0.25) is 9.35 Å². The second kappa shape index (κ2) is 42.5. The minimum atomic E-state index is -5.06. The Labute approximate surface area is 386 Å². The van der Waals surface area contributed by atoms with Crippen molar-refractivity contribution in [1.29, 1.82) is 0 Å². The van der Waals surface area contributed by atoms with E-state index in [1.165, 1.54) is 186 Å². The van der Waals surface area contributed by atoms with Crippen molar-refractivity contribution in [2.75, 3.05) is 26.4 Å². The van der Waals surface area contributed by atoms with Crippen molar-refractivity contribution in [1.82, 2.24) is 0 Å². The third kappa shape index (κ3) is 35.9. The molecule has 0 amide bonds. The van der Waals surface area contributed by atoms with Crippen LogP contribution >= 0.6 is 0 Å². The van der Waals surface area contributed by atoms with Crippen molar-refractivity contribution < 1.29 is 56.2 Å². The topological polar surface area (TPSA) is 178 Å². The van der Waals surface area contributed by atoms with Gasteiger partial charge in [-0.15, -0.1) is 0 Å². The summed E-state index contributed by atoms with van der Waals surface area (Å²) in [6.07, 6.45) is 37.1. The fourth-order valence-corrected chi connectivity index (χ4v) is 9.01. The number of rotatable bonds is 47. The van der Waals surface area contributed by atoms with Gasteiger partial charge in [0, 0.05) is 13.0 Å². The van der Waals surface area contributed by atoms with Gasteiger partial charge in [-0.05, 0) is 12.8 Å². The molecule has 6 atom stereocenters. The predicted molar refractivity (Wildman–Crippen MR) is 253 cm³/mol. The Kier molecular flexibility index (Phi) is 40.5. The van der Waals surface area contributed by atoms with E-state index in [-0.39, 0.29) is 19.6 Å². The van der Waals surface area contributed by atoms with E-state index >= 15 is 0 Å². The van der Waals surface area contributed by atoms with Crippen LogP contribution in [-0.2, 0) is 38.3 Å². The highest BCUT2D eigenvalue weighted by Gasteiger charge is 2.48. The molecule has 376 valence electrons. The Morgan fingerprint density at radius 1 is 0.540 bits per heavy atom. The molecule has 13 heteroatoms. The van der Waals surface area contributed by atoms with Crippen molar-refractivity contribution >= 4 is 16.4 Å². The highest BCUT2D eigenvalue weighted by atomic mass is 32.3. The molecule has 1 aliphatic rings. The Morgan fingerprint density at radius 2 is 0.905 bits per heavy atom. The molecular formula is C50H98O12S. The fourth-order valence-electron chi connectivity index (χ4n) is 8.50. The van der Waals surface area contributed by atoms with E-state index in [2.05, 4.69) is 18.0 Å². The summed E-state index contributed by atoms with van der Waals surface area (Å²) >= 11 is 0. The summed E-state index contributed by atoms with van der Waals surface area (Å²) in [5.74, 6) is -0.391. The average Bonchev–Trinajstić information content (AvgIpc) is 3.26. The average molecular weight is 923 g/mol. The first-order chi connectivity index (χ1) is 30.6. The molecule has 1 heterocycles. The standard InChI is InChI=1S/C50H98O12S/c1-3-5-7-9-11-13-15-17-18-19-20-21-22-23-24-25-26-27-29-31-33-35-37-39-46(52)60-44(42-58-40-38-36-34-32-30-28-16-14-12-10-8-6-4-2)43-59-50-48(54)49(62-63(55,56)57)47(53)45(41-51)61-50/h44-45,47-51,53-54H,3-43H2,1-2H3,(H,55,56,57). The summed E-state index contributed by atoms with van der Waals surface area (Å²) in [7, 11) is -5.06. The zero-order valence-electron chi connectivity index (χ0n) is 40.4. The van der Waals surface area contributed by atoms with Crippen LogP contribution in [0.3, 0.4) is 0 Å². The molecule has 1 fully saturated rings. The molecule has 0 saturated carbocycles. The molecule has 0 bridgehead atoms. The number of esters is 1. The van der Waals surface area contributed by atoms with E-state index in [0.717, 1.165) is 38.5 Å². The largest absolute Gasteiger partial charge is 0.457 e. The highest BCUT2D eigenvalue weighted by Crippen LogP contribution is 2.26. The number of hydrogen-bond acceptors (Lipinski definition) is 11. The summed E-state index contributed by atoms with van der Waals surface area (Å²) in [6.45, 7) is 4.05. The van der Waals surface area contributed by atoms with E-state index in [0.29, 0.717) is 13.0 Å². The summed E-state index contributed by atoms with van der Waals surface area (Å²) in [6, 6.07) is 0. The number of hydrogen-bond donors (Lipinski definition) is 4. The molecule has 0 aromatic rings. The second-order valence-corrected chi connectivity index (χ2v) is 19.5. The maximum atomic E-state index is 12.9. The van der Waals surface area contributed by atoms with Gasteiger partial charge >= 0.3 is 16.4 Å². The van der Waals surface area contributed by atoms with Crippen LogP contribution < -0.4 is 0 Å². The first kappa shape index (κ1) is 60.1. The lowest BCUT2D eigenvalue weighted by Crippen LogP contribution is -2.60.